The van der Waals surface area contributed by atoms with Gasteiger partial charge in [-0.2, -0.15) is 0 Å². The van der Waals surface area contributed by atoms with Gasteiger partial charge in [-0.25, -0.2) is 0 Å². The van der Waals surface area contributed by atoms with Crippen molar-refractivity contribution in [3.63, 3.8) is 0 Å². The molecule has 0 atom stereocenters. The lowest BCUT2D eigenvalue weighted by atomic mass is 10.1. The van der Waals surface area contributed by atoms with Crippen molar-refractivity contribution >= 4 is 0 Å². The Hall–Kier alpha value is -0.860. The molecule has 1 N–H and O–H groups in total. The summed E-state index contributed by atoms with van der Waals surface area (Å²) in [5, 5.41) is 3.44. The first kappa shape index (κ1) is 13.6. The molecular weight excluding hydrogens is 222 g/mol. The predicted octanol–water partition coefficient (Wildman–Crippen LogP) is 3.47. The van der Waals surface area contributed by atoms with Crippen LogP contribution in [-0.4, -0.2) is 19.8 Å². The minimum Gasteiger partial charge on any atom is -0.380 e. The molecule has 1 saturated carbocycles. The highest BCUT2D eigenvalue weighted by Gasteiger charge is 2.23. The van der Waals surface area contributed by atoms with E-state index in [1.165, 1.54) is 36.8 Å². The van der Waals surface area contributed by atoms with Crippen LogP contribution in [-0.2, 0) is 11.3 Å². The summed E-state index contributed by atoms with van der Waals surface area (Å²) in [6, 6.07) is 9.00. The van der Waals surface area contributed by atoms with E-state index in [2.05, 4.69) is 36.5 Å². The number of unbranched alkanes of at least 4 members (excludes halogenated alkanes) is 1. The standard InChI is InChI=1S/C16H25NO/c1-2-3-10-18-11-9-17-13-14-5-4-6-16(12-14)15-7-8-15/h4-6,12,15,17H,2-3,7-11,13H2,1H3. The van der Waals surface area contributed by atoms with E-state index in [0.717, 1.165) is 32.2 Å². The molecule has 0 saturated heterocycles. The average molecular weight is 247 g/mol. The van der Waals surface area contributed by atoms with Crippen LogP contribution in [0.25, 0.3) is 0 Å². The van der Waals surface area contributed by atoms with Gasteiger partial charge in [-0.3, -0.25) is 0 Å². The maximum absolute atomic E-state index is 5.52. The van der Waals surface area contributed by atoms with Crippen LogP contribution in [0, 0.1) is 0 Å². The highest BCUT2D eigenvalue weighted by molar-refractivity contribution is 5.28. The topological polar surface area (TPSA) is 21.3 Å². The maximum atomic E-state index is 5.52. The summed E-state index contributed by atoms with van der Waals surface area (Å²) in [5.74, 6) is 0.849. The van der Waals surface area contributed by atoms with Gasteiger partial charge < -0.3 is 10.1 Å². The van der Waals surface area contributed by atoms with Crippen molar-refractivity contribution in [1.82, 2.24) is 5.32 Å². The molecule has 1 aliphatic carbocycles. The molecular formula is C16H25NO. The number of nitrogens with one attached hydrogen (secondary N) is 1. The van der Waals surface area contributed by atoms with Crippen molar-refractivity contribution in [1.29, 1.82) is 0 Å². The first-order valence-electron chi connectivity index (χ1n) is 7.27. The van der Waals surface area contributed by atoms with Crippen LogP contribution < -0.4 is 5.32 Å². The van der Waals surface area contributed by atoms with Crippen LogP contribution in [0.5, 0.6) is 0 Å². The second kappa shape index (κ2) is 7.55. The zero-order valence-corrected chi connectivity index (χ0v) is 11.5. The van der Waals surface area contributed by atoms with E-state index in [1.807, 2.05) is 0 Å². The van der Waals surface area contributed by atoms with Crippen LogP contribution >= 0.6 is 0 Å². The third kappa shape index (κ3) is 4.79. The Morgan fingerprint density at radius 3 is 2.94 bits per heavy atom. The zero-order valence-electron chi connectivity index (χ0n) is 11.5. The summed E-state index contributed by atoms with van der Waals surface area (Å²) >= 11 is 0. The first-order valence-corrected chi connectivity index (χ1v) is 7.27. The Balaban J connectivity index is 1.59. The van der Waals surface area contributed by atoms with Gasteiger partial charge in [0, 0.05) is 19.7 Å². The van der Waals surface area contributed by atoms with Gasteiger partial charge in [0.05, 0.1) is 6.61 Å². The molecule has 1 aromatic rings. The molecule has 2 rings (SSSR count). The normalized spacial score (nSPS) is 14.9. The Labute approximate surface area is 111 Å². The molecule has 100 valence electrons. The average Bonchev–Trinajstić information content (AvgIpc) is 3.22. The number of rotatable bonds is 9. The van der Waals surface area contributed by atoms with E-state index in [-0.39, 0.29) is 0 Å². The van der Waals surface area contributed by atoms with Crippen molar-refractivity contribution in [3.05, 3.63) is 35.4 Å². The molecule has 1 fully saturated rings. The van der Waals surface area contributed by atoms with Gasteiger partial charge in [-0.15, -0.1) is 0 Å². The lowest BCUT2D eigenvalue weighted by Crippen LogP contribution is -2.19. The van der Waals surface area contributed by atoms with Crippen molar-refractivity contribution in [2.45, 2.75) is 45.1 Å². The third-order valence-corrected chi connectivity index (χ3v) is 3.39. The van der Waals surface area contributed by atoms with Gasteiger partial charge in [-0.1, -0.05) is 37.6 Å². The molecule has 0 aromatic heterocycles. The van der Waals surface area contributed by atoms with E-state index in [1.54, 1.807) is 0 Å². The minimum atomic E-state index is 0.822. The molecule has 1 aliphatic rings. The van der Waals surface area contributed by atoms with Crippen molar-refractivity contribution in [2.75, 3.05) is 19.8 Å². The smallest absolute Gasteiger partial charge is 0.0591 e. The monoisotopic (exact) mass is 247 g/mol. The Kier molecular flexibility index (Phi) is 5.69. The van der Waals surface area contributed by atoms with E-state index >= 15 is 0 Å². The Bertz CT molecular complexity index is 347. The van der Waals surface area contributed by atoms with Crippen molar-refractivity contribution < 1.29 is 4.74 Å². The number of benzene rings is 1. The van der Waals surface area contributed by atoms with Crippen molar-refractivity contribution in [2.24, 2.45) is 0 Å². The highest BCUT2D eigenvalue weighted by atomic mass is 16.5. The SMILES string of the molecule is CCCCOCCNCc1cccc(C2CC2)c1. The lowest BCUT2D eigenvalue weighted by molar-refractivity contribution is 0.133. The molecule has 18 heavy (non-hydrogen) atoms. The number of hydrogen-bond donors (Lipinski definition) is 1. The fourth-order valence-corrected chi connectivity index (χ4v) is 2.10. The zero-order chi connectivity index (χ0) is 12.6. The number of ether oxygens (including phenoxy) is 1. The van der Waals surface area contributed by atoms with E-state index in [4.69, 9.17) is 4.74 Å². The van der Waals surface area contributed by atoms with Crippen LogP contribution in [0.2, 0.25) is 0 Å². The van der Waals surface area contributed by atoms with Crippen LogP contribution in [0.3, 0.4) is 0 Å². The van der Waals surface area contributed by atoms with E-state index < -0.39 is 0 Å². The summed E-state index contributed by atoms with van der Waals surface area (Å²) in [6.45, 7) is 5.81. The third-order valence-electron chi connectivity index (χ3n) is 3.39. The van der Waals surface area contributed by atoms with Gasteiger partial charge in [0.15, 0.2) is 0 Å². The molecule has 0 bridgehead atoms. The predicted molar refractivity (Wildman–Crippen MR) is 75.9 cm³/mol. The largest absolute Gasteiger partial charge is 0.380 e. The van der Waals surface area contributed by atoms with Crippen LogP contribution in [0.4, 0.5) is 0 Å². The first-order chi connectivity index (χ1) is 8.90. The fourth-order valence-electron chi connectivity index (χ4n) is 2.10. The van der Waals surface area contributed by atoms with E-state index in [0.29, 0.717) is 0 Å². The molecule has 0 unspecified atom stereocenters. The Morgan fingerprint density at radius 1 is 1.28 bits per heavy atom. The lowest BCUT2D eigenvalue weighted by Gasteiger charge is -2.07. The van der Waals surface area contributed by atoms with Gasteiger partial charge in [-0.05, 0) is 36.3 Å². The molecule has 2 nitrogen and oxygen atoms in total. The summed E-state index contributed by atoms with van der Waals surface area (Å²) in [5.41, 5.74) is 2.92. The van der Waals surface area contributed by atoms with Gasteiger partial charge in [0.2, 0.25) is 0 Å². The molecule has 0 radical (unpaired) electrons. The highest BCUT2D eigenvalue weighted by Crippen LogP contribution is 2.40. The second-order valence-electron chi connectivity index (χ2n) is 5.16. The van der Waals surface area contributed by atoms with Crippen LogP contribution in [0.15, 0.2) is 24.3 Å². The molecule has 0 spiro atoms. The maximum Gasteiger partial charge on any atom is 0.0591 e. The number of hydrogen-bond acceptors (Lipinski definition) is 2. The van der Waals surface area contributed by atoms with Gasteiger partial charge in [0.25, 0.3) is 0 Å². The summed E-state index contributed by atoms with van der Waals surface area (Å²) in [7, 11) is 0. The van der Waals surface area contributed by atoms with Crippen molar-refractivity contribution in [3.8, 4) is 0 Å². The van der Waals surface area contributed by atoms with E-state index in [9.17, 15) is 0 Å². The summed E-state index contributed by atoms with van der Waals surface area (Å²) < 4.78 is 5.52. The molecule has 1 aromatic carbocycles. The summed E-state index contributed by atoms with van der Waals surface area (Å²) in [6.07, 6.45) is 5.13. The van der Waals surface area contributed by atoms with Crippen LogP contribution in [0.1, 0.15) is 49.7 Å². The molecule has 0 aliphatic heterocycles. The summed E-state index contributed by atoms with van der Waals surface area (Å²) in [4.78, 5) is 0. The molecule has 0 amide bonds. The molecule has 0 heterocycles. The van der Waals surface area contributed by atoms with Gasteiger partial charge >= 0.3 is 0 Å². The minimum absolute atomic E-state index is 0.822. The molecule has 2 heteroatoms. The van der Waals surface area contributed by atoms with Gasteiger partial charge in [0.1, 0.15) is 0 Å². The Morgan fingerprint density at radius 2 is 2.17 bits per heavy atom. The quantitative estimate of drug-likeness (QED) is 0.675. The second-order valence-corrected chi connectivity index (χ2v) is 5.16. The fraction of sp³-hybridized carbons (Fsp3) is 0.625.